The fourth-order valence-electron chi connectivity index (χ4n) is 2.90. The summed E-state index contributed by atoms with van der Waals surface area (Å²) >= 11 is 0. The number of benzene rings is 2. The Balaban J connectivity index is 2.26. The lowest BCUT2D eigenvalue weighted by Crippen LogP contribution is -2.19. The Morgan fingerprint density at radius 3 is 2.48 bits per heavy atom. The first-order valence-corrected chi connectivity index (χ1v) is 10.5. The number of anilines is 2. The number of nitrogens with one attached hydrogen (secondary N) is 2. The lowest BCUT2D eigenvalue weighted by atomic mass is 10.0. The first-order chi connectivity index (χ1) is 14.6. The molecule has 2 aromatic carbocycles. The molecule has 2 N–H and O–H groups in total. The average molecular weight is 447 g/mol. The maximum atomic E-state index is 14.2. The molecule has 0 aliphatic carbocycles. The smallest absolute Gasteiger partial charge is 0.273 e. The number of aryl methyl sites for hydroxylation is 1. The third-order valence-electron chi connectivity index (χ3n) is 4.35. The molecule has 3 aromatic rings. The average Bonchev–Trinajstić information content (AvgIpc) is 2.72. The first-order valence-electron chi connectivity index (χ1n) is 8.95. The van der Waals surface area contributed by atoms with E-state index in [9.17, 15) is 22.0 Å². The Kier molecular flexibility index (Phi) is 6.11. The maximum Gasteiger partial charge on any atom is 0.273 e. The van der Waals surface area contributed by atoms with Crippen LogP contribution >= 0.6 is 0 Å². The van der Waals surface area contributed by atoms with E-state index in [0.717, 1.165) is 17.5 Å². The van der Waals surface area contributed by atoms with Gasteiger partial charge in [0.05, 0.1) is 11.3 Å². The van der Waals surface area contributed by atoms with Crippen molar-refractivity contribution in [3.8, 4) is 22.6 Å². The van der Waals surface area contributed by atoms with E-state index in [1.54, 1.807) is 7.05 Å². The largest absolute Gasteiger partial charge is 0.454 e. The van der Waals surface area contributed by atoms with E-state index in [4.69, 9.17) is 4.74 Å². The Bertz CT molecular complexity index is 1320. The highest BCUT2D eigenvalue weighted by Gasteiger charge is 2.19. The Morgan fingerprint density at radius 2 is 1.84 bits per heavy atom. The van der Waals surface area contributed by atoms with Gasteiger partial charge in [-0.25, -0.2) is 17.2 Å². The molecule has 31 heavy (non-hydrogen) atoms. The zero-order valence-corrected chi connectivity index (χ0v) is 17.5. The van der Waals surface area contributed by atoms with Gasteiger partial charge in [0.1, 0.15) is 17.3 Å². The normalized spacial score (nSPS) is 11.1. The van der Waals surface area contributed by atoms with Gasteiger partial charge in [-0.3, -0.25) is 9.52 Å². The molecular formula is C21H19F2N3O4S. The van der Waals surface area contributed by atoms with Gasteiger partial charge in [0.2, 0.25) is 0 Å². The number of hydrogen-bond donors (Lipinski definition) is 2. The van der Waals surface area contributed by atoms with Gasteiger partial charge in [0.15, 0.2) is 11.6 Å². The highest BCUT2D eigenvalue weighted by molar-refractivity contribution is 7.95. The predicted octanol–water partition coefficient (Wildman–Crippen LogP) is 4.05. The second kappa shape index (κ2) is 8.60. The number of nitrogens with zero attached hydrogens (tertiary/aromatic N) is 1. The predicted molar refractivity (Wildman–Crippen MR) is 116 cm³/mol. The molecule has 0 spiro atoms. The molecular weight excluding hydrogens is 428 g/mol. The van der Waals surface area contributed by atoms with Crippen LogP contribution in [0.3, 0.4) is 0 Å². The minimum atomic E-state index is -3.89. The Hall–Kier alpha value is -3.66. The lowest BCUT2D eigenvalue weighted by Gasteiger charge is -2.18. The highest BCUT2D eigenvalue weighted by Crippen LogP contribution is 2.40. The number of ether oxygens (including phenoxy) is 1. The molecule has 0 saturated heterocycles. The molecule has 3 rings (SSSR count). The van der Waals surface area contributed by atoms with Crippen LogP contribution in [0.1, 0.15) is 0 Å². The van der Waals surface area contributed by atoms with Crippen molar-refractivity contribution in [2.24, 2.45) is 7.05 Å². The minimum Gasteiger partial charge on any atom is -0.454 e. The maximum absolute atomic E-state index is 14.2. The quantitative estimate of drug-likeness (QED) is 0.570. The second-order valence-corrected chi connectivity index (χ2v) is 8.11. The van der Waals surface area contributed by atoms with E-state index in [0.29, 0.717) is 11.6 Å². The van der Waals surface area contributed by atoms with Gasteiger partial charge in [-0.1, -0.05) is 12.6 Å². The number of hydrogen-bond acceptors (Lipinski definition) is 5. The van der Waals surface area contributed by atoms with Gasteiger partial charge in [-0.05, 0) is 30.3 Å². The summed E-state index contributed by atoms with van der Waals surface area (Å²) in [7, 11) is -0.791. The number of pyridine rings is 1. The number of rotatable bonds is 7. The lowest BCUT2D eigenvalue weighted by molar-refractivity contribution is 0.439. The summed E-state index contributed by atoms with van der Waals surface area (Å²) in [4.78, 5) is 12.3. The van der Waals surface area contributed by atoms with Crippen LogP contribution in [-0.2, 0) is 17.1 Å². The summed E-state index contributed by atoms with van der Waals surface area (Å²) < 4.78 is 61.0. The van der Waals surface area contributed by atoms with E-state index in [-0.39, 0.29) is 34.0 Å². The van der Waals surface area contributed by atoms with Gasteiger partial charge < -0.3 is 14.6 Å². The van der Waals surface area contributed by atoms with Crippen LogP contribution in [0, 0.1) is 11.6 Å². The monoisotopic (exact) mass is 447 g/mol. The molecule has 0 bridgehead atoms. The summed E-state index contributed by atoms with van der Waals surface area (Å²) in [5.41, 5.74) is 0.707. The fraction of sp³-hybridized carbons (Fsp3) is 0.0952. The van der Waals surface area contributed by atoms with E-state index in [1.165, 1.54) is 42.1 Å². The topological polar surface area (TPSA) is 89.4 Å². The van der Waals surface area contributed by atoms with Crippen molar-refractivity contribution in [3.63, 3.8) is 0 Å². The van der Waals surface area contributed by atoms with Crippen LogP contribution in [0.25, 0.3) is 11.1 Å². The standard InChI is InChI=1S/C21H19F2N3O4S/c1-4-31(28,29)25-16-6-5-7-19(30-18-9-8-14(22)11-15(18)23)20(16)13-10-17(24-2)21(27)26(3)12-13/h4-12,24-25H,1H2,2-3H3. The zero-order valence-electron chi connectivity index (χ0n) is 16.6. The molecule has 0 atom stereocenters. The summed E-state index contributed by atoms with van der Waals surface area (Å²) in [6.45, 7) is 3.27. The second-order valence-electron chi connectivity index (χ2n) is 6.48. The van der Waals surface area contributed by atoms with Gasteiger partial charge in [-0.15, -0.1) is 0 Å². The number of halogens is 2. The molecule has 10 heteroatoms. The molecule has 0 radical (unpaired) electrons. The van der Waals surface area contributed by atoms with E-state index < -0.39 is 21.7 Å². The van der Waals surface area contributed by atoms with Crippen LogP contribution in [0.2, 0.25) is 0 Å². The van der Waals surface area contributed by atoms with Crippen LogP contribution in [0.4, 0.5) is 20.2 Å². The van der Waals surface area contributed by atoms with Crippen molar-refractivity contribution in [3.05, 3.63) is 82.6 Å². The molecule has 1 heterocycles. The highest BCUT2D eigenvalue weighted by atomic mass is 32.2. The summed E-state index contributed by atoms with van der Waals surface area (Å²) in [6, 6.07) is 8.81. The molecule has 0 aliphatic heterocycles. The van der Waals surface area contributed by atoms with Crippen LogP contribution in [0.15, 0.2) is 65.4 Å². The van der Waals surface area contributed by atoms with Crippen molar-refractivity contribution in [2.75, 3.05) is 17.1 Å². The van der Waals surface area contributed by atoms with Crippen LogP contribution in [0.5, 0.6) is 11.5 Å². The summed E-state index contributed by atoms with van der Waals surface area (Å²) in [5, 5.41) is 3.52. The van der Waals surface area contributed by atoms with Crippen LogP contribution in [-0.4, -0.2) is 20.0 Å². The van der Waals surface area contributed by atoms with E-state index in [1.807, 2.05) is 0 Å². The molecule has 1 aromatic heterocycles. The summed E-state index contributed by atoms with van der Waals surface area (Å²) in [5.74, 6) is -1.88. The molecule has 0 saturated carbocycles. The van der Waals surface area contributed by atoms with Gasteiger partial charge >= 0.3 is 0 Å². The van der Waals surface area contributed by atoms with E-state index >= 15 is 0 Å². The van der Waals surface area contributed by atoms with Gasteiger partial charge in [-0.2, -0.15) is 0 Å². The summed E-state index contributed by atoms with van der Waals surface area (Å²) in [6.07, 6.45) is 1.48. The molecule has 0 aliphatic rings. The first kappa shape index (κ1) is 22.0. The number of sulfonamides is 1. The van der Waals surface area contributed by atoms with Crippen LogP contribution < -0.4 is 20.3 Å². The Labute approximate surface area is 177 Å². The van der Waals surface area contributed by atoms with Gasteiger partial charge in [0.25, 0.3) is 15.6 Å². The number of aromatic nitrogens is 1. The minimum absolute atomic E-state index is 0.0791. The van der Waals surface area contributed by atoms with Gasteiger partial charge in [0, 0.05) is 37.3 Å². The van der Waals surface area contributed by atoms with Crippen molar-refractivity contribution in [1.29, 1.82) is 0 Å². The fourth-order valence-corrected chi connectivity index (χ4v) is 3.46. The van der Waals surface area contributed by atoms with E-state index in [2.05, 4.69) is 16.6 Å². The van der Waals surface area contributed by atoms with Crippen molar-refractivity contribution in [2.45, 2.75) is 0 Å². The SMILES string of the molecule is C=CS(=O)(=O)Nc1cccc(Oc2ccc(F)cc2F)c1-c1cc(NC)c(=O)n(C)c1. The molecule has 162 valence electrons. The zero-order chi connectivity index (χ0) is 22.8. The molecule has 0 unspecified atom stereocenters. The van der Waals surface area contributed by atoms with Crippen molar-refractivity contribution in [1.82, 2.24) is 4.57 Å². The third kappa shape index (κ3) is 4.75. The van der Waals surface area contributed by atoms with Crippen molar-refractivity contribution < 1.29 is 21.9 Å². The van der Waals surface area contributed by atoms with Crippen molar-refractivity contribution >= 4 is 21.4 Å². The molecule has 0 fully saturated rings. The molecule has 0 amide bonds. The Morgan fingerprint density at radius 1 is 1.10 bits per heavy atom. The third-order valence-corrected chi connectivity index (χ3v) is 5.30. The molecule has 7 nitrogen and oxygen atoms in total.